The topological polar surface area (TPSA) is 64.2 Å². The third-order valence-electron chi connectivity index (χ3n) is 5.13. The Kier molecular flexibility index (Phi) is 4.99. The van der Waals surface area contributed by atoms with E-state index in [0.29, 0.717) is 17.5 Å². The number of nitrogens with two attached hydrogens (primary N) is 1. The molecule has 3 atom stereocenters. The highest BCUT2D eigenvalue weighted by Crippen LogP contribution is 2.37. The van der Waals surface area contributed by atoms with Crippen molar-refractivity contribution >= 4 is 34.2 Å². The lowest BCUT2D eigenvalue weighted by atomic mass is 9.98. The molecule has 128 valence electrons. The fourth-order valence-corrected chi connectivity index (χ4v) is 4.09. The van der Waals surface area contributed by atoms with Crippen LogP contribution in [0.25, 0.3) is 5.69 Å². The van der Waals surface area contributed by atoms with Gasteiger partial charge in [-0.15, -0.1) is 12.4 Å². The zero-order valence-electron chi connectivity index (χ0n) is 13.1. The molecule has 1 aromatic heterocycles. The number of hydrogen-bond acceptors (Lipinski definition) is 3. The minimum Gasteiger partial charge on any atom is -0.337 e. The Morgan fingerprint density at radius 2 is 1.96 bits per heavy atom. The van der Waals surface area contributed by atoms with Crippen LogP contribution in [0.4, 0.5) is 0 Å². The minimum absolute atomic E-state index is 0. The van der Waals surface area contributed by atoms with E-state index < -0.39 is 0 Å². The van der Waals surface area contributed by atoms with Crippen LogP contribution in [0.2, 0.25) is 0 Å². The van der Waals surface area contributed by atoms with E-state index in [0.717, 1.165) is 36.1 Å². The van der Waals surface area contributed by atoms with E-state index >= 15 is 0 Å². The Balaban J connectivity index is 0.00000169. The van der Waals surface area contributed by atoms with Crippen molar-refractivity contribution in [2.45, 2.75) is 18.9 Å². The van der Waals surface area contributed by atoms with Crippen LogP contribution in [-0.2, 0) is 0 Å². The molecule has 1 aliphatic heterocycles. The number of hydrogen-bond donors (Lipinski definition) is 1. The average molecular weight is 412 g/mol. The number of carbonyl (C=O) groups is 1. The van der Waals surface area contributed by atoms with Gasteiger partial charge in [0.2, 0.25) is 0 Å². The standard InChI is InChI=1S/C17H19BrN4O.ClH/c18-12-2-4-13(5-3-12)22-9-16(20-10-22)17(23)21-7-11-1-6-15(19)14(11)8-21;/h2-5,9-11,14-15H,1,6-8,19H2;1H. The summed E-state index contributed by atoms with van der Waals surface area (Å²) in [4.78, 5) is 18.9. The molecule has 0 bridgehead atoms. The van der Waals surface area contributed by atoms with Crippen molar-refractivity contribution in [1.82, 2.24) is 14.5 Å². The Morgan fingerprint density at radius 1 is 1.21 bits per heavy atom. The predicted octanol–water partition coefficient (Wildman–Crippen LogP) is 2.87. The maximum atomic E-state index is 12.7. The molecule has 24 heavy (non-hydrogen) atoms. The van der Waals surface area contributed by atoms with Gasteiger partial charge in [-0.3, -0.25) is 4.79 Å². The zero-order valence-corrected chi connectivity index (χ0v) is 15.5. The fraction of sp³-hybridized carbons (Fsp3) is 0.412. The number of benzene rings is 1. The van der Waals surface area contributed by atoms with Gasteiger partial charge in [0.1, 0.15) is 12.0 Å². The lowest BCUT2D eigenvalue weighted by Crippen LogP contribution is -2.33. The van der Waals surface area contributed by atoms with Crippen molar-refractivity contribution in [3.63, 3.8) is 0 Å². The van der Waals surface area contributed by atoms with Gasteiger partial charge in [-0.2, -0.15) is 0 Å². The molecule has 3 unspecified atom stereocenters. The van der Waals surface area contributed by atoms with E-state index in [1.165, 1.54) is 0 Å². The van der Waals surface area contributed by atoms with Crippen LogP contribution in [0.1, 0.15) is 23.3 Å². The largest absolute Gasteiger partial charge is 0.337 e. The summed E-state index contributed by atoms with van der Waals surface area (Å²) in [6.07, 6.45) is 5.73. The molecule has 1 aromatic carbocycles. The third-order valence-corrected chi connectivity index (χ3v) is 5.65. The predicted molar refractivity (Wildman–Crippen MR) is 98.6 cm³/mol. The Labute approximate surface area is 155 Å². The Morgan fingerprint density at radius 3 is 2.67 bits per heavy atom. The van der Waals surface area contributed by atoms with Gasteiger partial charge >= 0.3 is 0 Å². The first kappa shape index (κ1) is 17.5. The highest BCUT2D eigenvalue weighted by Gasteiger charge is 2.42. The van der Waals surface area contributed by atoms with Crippen LogP contribution >= 0.6 is 28.3 Å². The quantitative estimate of drug-likeness (QED) is 0.826. The van der Waals surface area contributed by atoms with Crippen LogP contribution in [0.15, 0.2) is 41.3 Å². The van der Waals surface area contributed by atoms with Crippen molar-refractivity contribution in [1.29, 1.82) is 0 Å². The van der Waals surface area contributed by atoms with E-state index in [-0.39, 0.29) is 24.4 Å². The number of amides is 1. The summed E-state index contributed by atoms with van der Waals surface area (Å²) >= 11 is 3.42. The van der Waals surface area contributed by atoms with Crippen LogP contribution in [-0.4, -0.2) is 39.5 Å². The highest BCUT2D eigenvalue weighted by molar-refractivity contribution is 9.10. The lowest BCUT2D eigenvalue weighted by Gasteiger charge is -2.17. The second-order valence-corrected chi connectivity index (χ2v) is 7.43. The molecule has 2 heterocycles. The molecule has 1 saturated carbocycles. The van der Waals surface area contributed by atoms with Gasteiger partial charge in [0.15, 0.2) is 0 Å². The number of carbonyl (C=O) groups excluding carboxylic acids is 1. The van der Waals surface area contributed by atoms with E-state index in [2.05, 4.69) is 20.9 Å². The Bertz CT molecular complexity index is 732. The SMILES string of the molecule is Cl.NC1CCC2CN(C(=O)c3cn(-c4ccc(Br)cc4)cn3)CC12. The summed E-state index contributed by atoms with van der Waals surface area (Å²) in [5, 5.41) is 0. The van der Waals surface area contributed by atoms with Crippen LogP contribution in [0, 0.1) is 11.8 Å². The summed E-state index contributed by atoms with van der Waals surface area (Å²) < 4.78 is 2.90. The molecular formula is C17H20BrClN4O. The molecule has 1 saturated heterocycles. The smallest absolute Gasteiger partial charge is 0.274 e. The van der Waals surface area contributed by atoms with Crippen molar-refractivity contribution < 1.29 is 4.79 Å². The van der Waals surface area contributed by atoms with E-state index in [4.69, 9.17) is 5.73 Å². The van der Waals surface area contributed by atoms with Crippen LogP contribution < -0.4 is 5.73 Å². The third kappa shape index (κ3) is 3.10. The molecule has 2 N–H and O–H groups in total. The Hall–Kier alpha value is -1.37. The summed E-state index contributed by atoms with van der Waals surface area (Å²) in [6.45, 7) is 1.60. The number of halogens is 2. The van der Waals surface area contributed by atoms with Gasteiger partial charge in [0.05, 0.1) is 0 Å². The molecule has 4 rings (SSSR count). The average Bonchev–Trinajstić information content (AvgIpc) is 3.25. The molecule has 0 radical (unpaired) electrons. The molecule has 5 nitrogen and oxygen atoms in total. The first-order chi connectivity index (χ1) is 11.1. The second-order valence-electron chi connectivity index (χ2n) is 6.52. The van der Waals surface area contributed by atoms with Crippen molar-refractivity contribution in [3.8, 4) is 5.69 Å². The van der Waals surface area contributed by atoms with Crippen molar-refractivity contribution in [2.24, 2.45) is 17.6 Å². The highest BCUT2D eigenvalue weighted by atomic mass is 79.9. The summed E-state index contributed by atoms with van der Waals surface area (Å²) in [5.41, 5.74) is 7.64. The van der Waals surface area contributed by atoms with Gasteiger partial charge in [-0.1, -0.05) is 15.9 Å². The lowest BCUT2D eigenvalue weighted by molar-refractivity contribution is 0.0774. The first-order valence-electron chi connectivity index (χ1n) is 7.96. The fourth-order valence-electron chi connectivity index (χ4n) is 3.82. The summed E-state index contributed by atoms with van der Waals surface area (Å²) in [7, 11) is 0. The molecule has 1 amide bonds. The van der Waals surface area contributed by atoms with Gasteiger partial charge < -0.3 is 15.2 Å². The maximum Gasteiger partial charge on any atom is 0.274 e. The van der Waals surface area contributed by atoms with Crippen LogP contribution in [0.3, 0.4) is 0 Å². The number of rotatable bonds is 2. The van der Waals surface area contributed by atoms with E-state index in [9.17, 15) is 4.79 Å². The van der Waals surface area contributed by atoms with Gasteiger partial charge in [0, 0.05) is 35.5 Å². The van der Waals surface area contributed by atoms with Crippen molar-refractivity contribution in [3.05, 3.63) is 47.0 Å². The first-order valence-corrected chi connectivity index (χ1v) is 8.76. The van der Waals surface area contributed by atoms with E-state index in [1.54, 1.807) is 12.5 Å². The number of aromatic nitrogens is 2. The second kappa shape index (κ2) is 6.86. The molecule has 0 spiro atoms. The van der Waals surface area contributed by atoms with Gasteiger partial charge in [-0.25, -0.2) is 4.98 Å². The molecule has 2 aliphatic rings. The molecular weight excluding hydrogens is 392 g/mol. The summed E-state index contributed by atoms with van der Waals surface area (Å²) in [6, 6.07) is 8.16. The molecule has 2 fully saturated rings. The van der Waals surface area contributed by atoms with Gasteiger partial charge in [-0.05, 0) is 48.9 Å². The molecule has 1 aliphatic carbocycles. The number of imidazole rings is 1. The van der Waals surface area contributed by atoms with Crippen LogP contribution in [0.5, 0.6) is 0 Å². The number of likely N-dealkylation sites (tertiary alicyclic amines) is 1. The maximum absolute atomic E-state index is 12.7. The number of fused-ring (bicyclic) bond motifs is 1. The zero-order chi connectivity index (χ0) is 16.0. The number of nitrogens with zero attached hydrogens (tertiary/aromatic N) is 3. The normalized spacial score (nSPS) is 25.4. The summed E-state index contributed by atoms with van der Waals surface area (Å²) in [5.74, 6) is 1.05. The monoisotopic (exact) mass is 410 g/mol. The molecule has 7 heteroatoms. The van der Waals surface area contributed by atoms with Crippen molar-refractivity contribution in [2.75, 3.05) is 13.1 Å². The minimum atomic E-state index is 0. The molecule has 2 aromatic rings. The van der Waals surface area contributed by atoms with E-state index in [1.807, 2.05) is 33.7 Å². The van der Waals surface area contributed by atoms with Gasteiger partial charge in [0.25, 0.3) is 5.91 Å².